The van der Waals surface area contributed by atoms with Crippen LogP contribution in [-0.2, 0) is 11.3 Å². The SMILES string of the molecule is Cc1nc(COC(=O)c2ccc(-c3nc4ccccc4s3)s2)cs1. The van der Waals surface area contributed by atoms with Crippen LogP contribution in [0.5, 0.6) is 0 Å². The Kier molecular flexibility index (Phi) is 4.13. The number of thiophene rings is 1. The molecule has 0 unspecified atom stereocenters. The van der Waals surface area contributed by atoms with Crippen molar-refractivity contribution in [2.24, 2.45) is 0 Å². The molecule has 0 fully saturated rings. The van der Waals surface area contributed by atoms with E-state index < -0.39 is 0 Å². The third-order valence-corrected chi connectivity index (χ3v) is 6.42. The van der Waals surface area contributed by atoms with Crippen LogP contribution in [-0.4, -0.2) is 15.9 Å². The van der Waals surface area contributed by atoms with Crippen molar-refractivity contribution < 1.29 is 9.53 Å². The summed E-state index contributed by atoms with van der Waals surface area (Å²) >= 11 is 4.58. The van der Waals surface area contributed by atoms with Gasteiger partial charge in [-0.15, -0.1) is 34.0 Å². The lowest BCUT2D eigenvalue weighted by atomic mass is 10.3. The summed E-state index contributed by atoms with van der Waals surface area (Å²) in [7, 11) is 0. The zero-order valence-corrected chi connectivity index (χ0v) is 15.1. The Labute approximate surface area is 150 Å². The summed E-state index contributed by atoms with van der Waals surface area (Å²) in [5.74, 6) is -0.321. The Morgan fingerprint density at radius 3 is 2.79 bits per heavy atom. The van der Waals surface area contributed by atoms with Gasteiger partial charge in [-0.2, -0.15) is 0 Å². The van der Waals surface area contributed by atoms with Crippen LogP contribution in [0.25, 0.3) is 20.1 Å². The maximum atomic E-state index is 12.2. The molecule has 0 N–H and O–H groups in total. The highest BCUT2D eigenvalue weighted by atomic mass is 32.1. The highest BCUT2D eigenvalue weighted by molar-refractivity contribution is 7.26. The lowest BCUT2D eigenvalue weighted by Gasteiger charge is -1.99. The van der Waals surface area contributed by atoms with Gasteiger partial charge >= 0.3 is 5.97 Å². The maximum Gasteiger partial charge on any atom is 0.348 e. The second kappa shape index (κ2) is 6.43. The van der Waals surface area contributed by atoms with Crippen LogP contribution in [0.15, 0.2) is 41.8 Å². The maximum absolute atomic E-state index is 12.2. The number of aromatic nitrogens is 2. The average Bonchev–Trinajstić information content (AvgIpc) is 3.31. The standard InChI is InChI=1S/C17H12N2O2S3/c1-10-18-11(9-22-10)8-21-17(20)15-7-6-14(23-15)16-19-12-4-2-3-5-13(12)24-16/h2-7,9H,8H2,1H3. The van der Waals surface area contributed by atoms with Gasteiger partial charge in [0, 0.05) is 5.38 Å². The van der Waals surface area contributed by atoms with E-state index in [9.17, 15) is 4.79 Å². The smallest absolute Gasteiger partial charge is 0.348 e. The van der Waals surface area contributed by atoms with Crippen molar-refractivity contribution in [3.05, 3.63) is 57.4 Å². The Balaban J connectivity index is 1.50. The van der Waals surface area contributed by atoms with Gasteiger partial charge in [0.15, 0.2) is 0 Å². The van der Waals surface area contributed by atoms with E-state index in [0.717, 1.165) is 30.8 Å². The number of nitrogens with zero attached hydrogens (tertiary/aromatic N) is 2. The topological polar surface area (TPSA) is 52.1 Å². The van der Waals surface area contributed by atoms with Crippen LogP contribution in [0.2, 0.25) is 0 Å². The van der Waals surface area contributed by atoms with Gasteiger partial charge in [-0.3, -0.25) is 0 Å². The molecule has 4 aromatic rings. The number of ether oxygens (including phenoxy) is 1. The fourth-order valence-corrected chi connectivity index (χ4v) is 4.74. The zero-order chi connectivity index (χ0) is 16.5. The van der Waals surface area contributed by atoms with Gasteiger partial charge in [-0.25, -0.2) is 14.8 Å². The number of fused-ring (bicyclic) bond motifs is 1. The number of benzene rings is 1. The number of carbonyl (C=O) groups excluding carboxylic acids is 1. The Bertz CT molecular complexity index is 983. The minimum absolute atomic E-state index is 0.206. The molecule has 1 aromatic carbocycles. The van der Waals surface area contributed by atoms with Gasteiger partial charge in [-0.05, 0) is 31.2 Å². The molecule has 4 nitrogen and oxygen atoms in total. The molecule has 0 bridgehead atoms. The van der Waals surface area contributed by atoms with E-state index >= 15 is 0 Å². The van der Waals surface area contributed by atoms with E-state index in [4.69, 9.17) is 4.74 Å². The molecule has 0 aliphatic rings. The highest BCUT2D eigenvalue weighted by Crippen LogP contribution is 2.34. The number of aryl methyl sites for hydroxylation is 1. The molecule has 7 heteroatoms. The number of hydrogen-bond donors (Lipinski definition) is 0. The van der Waals surface area contributed by atoms with E-state index in [-0.39, 0.29) is 12.6 Å². The fourth-order valence-electron chi connectivity index (χ4n) is 2.23. The molecule has 0 aliphatic carbocycles. The highest BCUT2D eigenvalue weighted by Gasteiger charge is 2.14. The first-order valence-corrected chi connectivity index (χ1v) is 9.74. The Morgan fingerprint density at radius 1 is 1.12 bits per heavy atom. The summed E-state index contributed by atoms with van der Waals surface area (Å²) in [6, 6.07) is 11.7. The molecule has 0 saturated carbocycles. The predicted molar refractivity (Wildman–Crippen MR) is 98.9 cm³/mol. The first-order chi connectivity index (χ1) is 11.7. The minimum atomic E-state index is -0.321. The predicted octanol–water partition coefficient (Wildman–Crippen LogP) is 5.15. The van der Waals surface area contributed by atoms with Gasteiger partial charge in [0.25, 0.3) is 0 Å². The van der Waals surface area contributed by atoms with E-state index in [1.165, 1.54) is 11.3 Å². The molecule has 3 aromatic heterocycles. The summed E-state index contributed by atoms with van der Waals surface area (Å²) in [6.45, 7) is 2.14. The van der Waals surface area contributed by atoms with Crippen molar-refractivity contribution in [2.75, 3.05) is 0 Å². The van der Waals surface area contributed by atoms with Gasteiger partial charge in [0.2, 0.25) is 0 Å². The third-order valence-electron chi connectivity index (χ3n) is 3.33. The lowest BCUT2D eigenvalue weighted by molar-refractivity contribution is 0.0474. The van der Waals surface area contributed by atoms with Crippen LogP contribution < -0.4 is 0 Å². The van der Waals surface area contributed by atoms with Crippen molar-refractivity contribution in [3.8, 4) is 9.88 Å². The molecule has 3 heterocycles. The van der Waals surface area contributed by atoms with Crippen LogP contribution in [0.4, 0.5) is 0 Å². The number of hydrogen-bond acceptors (Lipinski definition) is 7. The third kappa shape index (κ3) is 3.10. The molecule has 0 saturated heterocycles. The van der Waals surface area contributed by atoms with E-state index in [0.29, 0.717) is 4.88 Å². The van der Waals surface area contributed by atoms with E-state index in [1.54, 1.807) is 28.7 Å². The summed E-state index contributed by atoms with van der Waals surface area (Å²) in [4.78, 5) is 22.7. The first kappa shape index (κ1) is 15.4. The Morgan fingerprint density at radius 2 is 2.00 bits per heavy atom. The molecule has 4 rings (SSSR count). The second-order valence-electron chi connectivity index (χ2n) is 5.08. The second-order valence-corrected chi connectivity index (χ2v) is 8.26. The van der Waals surface area contributed by atoms with Crippen LogP contribution >= 0.6 is 34.0 Å². The van der Waals surface area contributed by atoms with Crippen LogP contribution in [0.1, 0.15) is 20.4 Å². The summed E-state index contributed by atoms with van der Waals surface area (Å²) < 4.78 is 6.48. The molecule has 0 atom stereocenters. The minimum Gasteiger partial charge on any atom is -0.455 e. The van der Waals surface area contributed by atoms with Crippen molar-refractivity contribution in [2.45, 2.75) is 13.5 Å². The molecular formula is C17H12N2O2S3. The molecule has 0 aliphatic heterocycles. The summed E-state index contributed by atoms with van der Waals surface area (Å²) in [5, 5.41) is 3.80. The quantitative estimate of drug-likeness (QED) is 0.465. The normalized spacial score (nSPS) is 11.0. The fraction of sp³-hybridized carbons (Fsp3) is 0.118. The Hall–Kier alpha value is -2.09. The first-order valence-electron chi connectivity index (χ1n) is 7.23. The van der Waals surface area contributed by atoms with Crippen molar-refractivity contribution in [1.82, 2.24) is 9.97 Å². The van der Waals surface area contributed by atoms with Gasteiger partial charge in [0.1, 0.15) is 16.5 Å². The van der Waals surface area contributed by atoms with Crippen molar-refractivity contribution in [1.29, 1.82) is 0 Å². The summed E-state index contributed by atoms with van der Waals surface area (Å²) in [5.41, 5.74) is 1.77. The number of rotatable bonds is 4. The number of thiazole rings is 2. The monoisotopic (exact) mass is 372 g/mol. The van der Waals surface area contributed by atoms with Gasteiger partial charge < -0.3 is 4.74 Å². The van der Waals surface area contributed by atoms with E-state index in [1.807, 2.05) is 36.6 Å². The molecule has 24 heavy (non-hydrogen) atoms. The number of carbonyl (C=O) groups is 1. The lowest BCUT2D eigenvalue weighted by Crippen LogP contribution is -2.03. The van der Waals surface area contributed by atoms with Crippen molar-refractivity contribution >= 4 is 50.2 Å². The molecule has 0 radical (unpaired) electrons. The zero-order valence-electron chi connectivity index (χ0n) is 12.7. The van der Waals surface area contributed by atoms with E-state index in [2.05, 4.69) is 16.0 Å². The number of esters is 1. The van der Waals surface area contributed by atoms with Crippen LogP contribution in [0, 0.1) is 6.92 Å². The molecule has 120 valence electrons. The molecular weight excluding hydrogens is 360 g/mol. The van der Waals surface area contributed by atoms with Crippen molar-refractivity contribution in [3.63, 3.8) is 0 Å². The molecule has 0 spiro atoms. The average molecular weight is 372 g/mol. The molecule has 0 amide bonds. The van der Waals surface area contributed by atoms with Gasteiger partial charge in [0.05, 0.1) is 25.8 Å². The number of para-hydroxylation sites is 1. The summed E-state index contributed by atoms with van der Waals surface area (Å²) in [6.07, 6.45) is 0. The largest absolute Gasteiger partial charge is 0.455 e. The van der Waals surface area contributed by atoms with Gasteiger partial charge in [-0.1, -0.05) is 12.1 Å². The van der Waals surface area contributed by atoms with Crippen LogP contribution in [0.3, 0.4) is 0 Å².